The SMILES string of the molecule is CCOc1cncc(-c2ccc(C(C)N3CCN(c4ccc(C(=O)Nc5ccc(OC)cc5)cc4)CC3)c(F)c2)c1. The minimum Gasteiger partial charge on any atom is -0.497 e. The molecule has 41 heavy (non-hydrogen) atoms. The van der Waals surface area contributed by atoms with Crippen LogP contribution in [0.25, 0.3) is 11.1 Å². The quantitative estimate of drug-likeness (QED) is 0.257. The van der Waals surface area contributed by atoms with Crippen LogP contribution in [0.2, 0.25) is 0 Å². The van der Waals surface area contributed by atoms with Gasteiger partial charge in [0, 0.05) is 66.5 Å². The first kappa shape index (κ1) is 28.1. The van der Waals surface area contributed by atoms with E-state index in [0.29, 0.717) is 29.2 Å². The molecule has 212 valence electrons. The summed E-state index contributed by atoms with van der Waals surface area (Å²) in [5, 5.41) is 2.91. The van der Waals surface area contributed by atoms with E-state index in [9.17, 15) is 4.79 Å². The normalized spacial score (nSPS) is 14.4. The Balaban J connectivity index is 1.17. The number of ether oxygens (including phenoxy) is 2. The number of nitrogens with one attached hydrogen (secondary N) is 1. The summed E-state index contributed by atoms with van der Waals surface area (Å²) < 4.78 is 26.0. The zero-order chi connectivity index (χ0) is 28.8. The summed E-state index contributed by atoms with van der Waals surface area (Å²) in [6.45, 7) is 7.78. The number of aromatic nitrogens is 1. The molecule has 1 amide bonds. The maximum Gasteiger partial charge on any atom is 0.255 e. The van der Waals surface area contributed by atoms with Gasteiger partial charge in [0.25, 0.3) is 5.91 Å². The van der Waals surface area contributed by atoms with Crippen LogP contribution in [0.5, 0.6) is 11.5 Å². The van der Waals surface area contributed by atoms with Crippen LogP contribution < -0.4 is 19.7 Å². The fourth-order valence-corrected chi connectivity index (χ4v) is 5.13. The number of rotatable bonds is 9. The Hall–Kier alpha value is -4.43. The van der Waals surface area contributed by atoms with Crippen molar-refractivity contribution in [2.24, 2.45) is 0 Å². The van der Waals surface area contributed by atoms with E-state index in [1.54, 1.807) is 25.6 Å². The molecule has 4 aromatic rings. The minimum absolute atomic E-state index is 0.0527. The number of hydrogen-bond donors (Lipinski definition) is 1. The zero-order valence-corrected chi connectivity index (χ0v) is 23.6. The Labute approximate surface area is 240 Å². The monoisotopic (exact) mass is 554 g/mol. The number of pyridine rings is 1. The number of amides is 1. The van der Waals surface area contributed by atoms with Crippen molar-refractivity contribution in [2.75, 3.05) is 50.1 Å². The van der Waals surface area contributed by atoms with Crippen molar-refractivity contribution in [3.8, 4) is 22.6 Å². The van der Waals surface area contributed by atoms with Gasteiger partial charge in [0.1, 0.15) is 17.3 Å². The van der Waals surface area contributed by atoms with Crippen molar-refractivity contribution in [3.05, 3.63) is 102 Å². The van der Waals surface area contributed by atoms with Crippen LogP contribution >= 0.6 is 0 Å². The van der Waals surface area contributed by atoms with E-state index in [1.165, 1.54) is 0 Å². The summed E-state index contributed by atoms with van der Waals surface area (Å²) in [7, 11) is 1.61. The molecule has 1 aliphatic rings. The number of methoxy groups -OCH3 is 1. The summed E-state index contributed by atoms with van der Waals surface area (Å²) in [5.41, 5.74) is 4.66. The number of hydrogen-bond acceptors (Lipinski definition) is 6. The Kier molecular flexibility index (Phi) is 8.79. The first-order valence-electron chi connectivity index (χ1n) is 13.9. The molecule has 1 aromatic heterocycles. The first-order chi connectivity index (χ1) is 19.9. The molecule has 0 aliphatic carbocycles. The third-order valence-corrected chi connectivity index (χ3v) is 7.51. The van der Waals surface area contributed by atoms with Crippen LogP contribution in [-0.2, 0) is 0 Å². The molecule has 1 atom stereocenters. The Morgan fingerprint density at radius 1 is 0.927 bits per heavy atom. The highest BCUT2D eigenvalue weighted by Crippen LogP contribution is 2.30. The number of nitrogens with zero attached hydrogens (tertiary/aromatic N) is 3. The number of carbonyl (C=O) groups excluding carboxylic acids is 1. The van der Waals surface area contributed by atoms with E-state index in [2.05, 4.69) is 27.0 Å². The van der Waals surface area contributed by atoms with E-state index in [4.69, 9.17) is 9.47 Å². The number of anilines is 2. The molecule has 5 rings (SSSR count). The predicted octanol–water partition coefficient (Wildman–Crippen LogP) is 6.43. The molecule has 1 saturated heterocycles. The van der Waals surface area contributed by atoms with Crippen LogP contribution in [0, 0.1) is 5.82 Å². The lowest BCUT2D eigenvalue weighted by Crippen LogP contribution is -2.47. The van der Waals surface area contributed by atoms with Gasteiger partial charge in [-0.3, -0.25) is 14.7 Å². The molecular weight excluding hydrogens is 519 g/mol. The van der Waals surface area contributed by atoms with Crippen molar-refractivity contribution in [1.82, 2.24) is 9.88 Å². The lowest BCUT2D eigenvalue weighted by atomic mass is 10.00. The highest BCUT2D eigenvalue weighted by Gasteiger charge is 2.24. The molecule has 7 nitrogen and oxygen atoms in total. The molecule has 0 saturated carbocycles. The molecule has 1 unspecified atom stereocenters. The van der Waals surface area contributed by atoms with E-state index >= 15 is 4.39 Å². The Morgan fingerprint density at radius 2 is 1.66 bits per heavy atom. The van der Waals surface area contributed by atoms with Crippen LogP contribution in [0.1, 0.15) is 35.8 Å². The minimum atomic E-state index is -0.220. The lowest BCUT2D eigenvalue weighted by molar-refractivity contribution is 0.102. The van der Waals surface area contributed by atoms with Crippen molar-refractivity contribution < 1.29 is 18.7 Å². The molecule has 0 radical (unpaired) electrons. The third kappa shape index (κ3) is 6.66. The maximum absolute atomic E-state index is 15.3. The van der Waals surface area contributed by atoms with Gasteiger partial charge in [0.05, 0.1) is 19.9 Å². The number of piperazine rings is 1. The van der Waals surface area contributed by atoms with E-state index < -0.39 is 0 Å². The fourth-order valence-electron chi connectivity index (χ4n) is 5.13. The van der Waals surface area contributed by atoms with Gasteiger partial charge < -0.3 is 19.7 Å². The smallest absolute Gasteiger partial charge is 0.255 e. The highest BCUT2D eigenvalue weighted by atomic mass is 19.1. The van der Waals surface area contributed by atoms with Gasteiger partial charge in [-0.1, -0.05) is 12.1 Å². The number of benzene rings is 3. The first-order valence-corrected chi connectivity index (χ1v) is 13.9. The van der Waals surface area contributed by atoms with E-state index in [-0.39, 0.29) is 17.8 Å². The van der Waals surface area contributed by atoms with Gasteiger partial charge in [-0.2, -0.15) is 0 Å². The van der Waals surface area contributed by atoms with Gasteiger partial charge >= 0.3 is 0 Å². The van der Waals surface area contributed by atoms with Crippen LogP contribution in [0.4, 0.5) is 15.8 Å². The Bertz CT molecular complexity index is 1470. The van der Waals surface area contributed by atoms with Gasteiger partial charge in [-0.05, 0) is 80.1 Å². The lowest BCUT2D eigenvalue weighted by Gasteiger charge is -2.39. The molecule has 2 heterocycles. The van der Waals surface area contributed by atoms with Crippen molar-refractivity contribution >= 4 is 17.3 Å². The van der Waals surface area contributed by atoms with Gasteiger partial charge in [0.2, 0.25) is 0 Å². The molecule has 3 aromatic carbocycles. The number of carbonyl (C=O) groups is 1. The standard InChI is InChI=1S/C33H35FN4O3/c1-4-41-30-19-26(21-35-22-30)25-7-14-31(32(34)20-25)23(2)37-15-17-38(18-16-37)28-10-5-24(6-11-28)33(39)36-27-8-12-29(40-3)13-9-27/h5-14,19-23H,4,15-18H2,1-3H3,(H,36,39). The van der Waals surface area contributed by atoms with Crippen molar-refractivity contribution in [1.29, 1.82) is 0 Å². The molecule has 1 N–H and O–H groups in total. The van der Waals surface area contributed by atoms with Crippen LogP contribution in [0.3, 0.4) is 0 Å². The molecule has 0 spiro atoms. The molecule has 0 bridgehead atoms. The van der Waals surface area contributed by atoms with Gasteiger partial charge in [0.15, 0.2) is 0 Å². The van der Waals surface area contributed by atoms with Crippen molar-refractivity contribution in [3.63, 3.8) is 0 Å². The van der Waals surface area contributed by atoms with Crippen LogP contribution in [-0.4, -0.2) is 55.7 Å². The van der Waals surface area contributed by atoms with Crippen molar-refractivity contribution in [2.45, 2.75) is 19.9 Å². The largest absolute Gasteiger partial charge is 0.497 e. The second-order valence-electron chi connectivity index (χ2n) is 10.0. The third-order valence-electron chi connectivity index (χ3n) is 7.51. The molecular formula is C33H35FN4O3. The molecule has 1 fully saturated rings. The maximum atomic E-state index is 15.3. The Morgan fingerprint density at radius 3 is 2.32 bits per heavy atom. The zero-order valence-electron chi connectivity index (χ0n) is 23.6. The second-order valence-corrected chi connectivity index (χ2v) is 10.0. The average molecular weight is 555 g/mol. The van der Waals surface area contributed by atoms with Gasteiger partial charge in [-0.25, -0.2) is 4.39 Å². The molecule has 1 aliphatic heterocycles. The topological polar surface area (TPSA) is 66.9 Å². The second kappa shape index (κ2) is 12.8. The fraction of sp³-hybridized carbons (Fsp3) is 0.273. The predicted molar refractivity (Wildman–Crippen MR) is 160 cm³/mol. The summed E-state index contributed by atoms with van der Waals surface area (Å²) in [5.74, 6) is 1.03. The highest BCUT2D eigenvalue weighted by molar-refractivity contribution is 6.04. The molecule has 8 heteroatoms. The van der Waals surface area contributed by atoms with Gasteiger partial charge in [-0.15, -0.1) is 0 Å². The van der Waals surface area contributed by atoms with E-state index in [1.807, 2.05) is 73.7 Å². The van der Waals surface area contributed by atoms with E-state index in [0.717, 1.165) is 48.7 Å². The average Bonchev–Trinajstić information content (AvgIpc) is 3.01. The summed E-state index contributed by atoms with van der Waals surface area (Å²) in [4.78, 5) is 21.5. The number of halogens is 1. The summed E-state index contributed by atoms with van der Waals surface area (Å²) >= 11 is 0. The van der Waals surface area contributed by atoms with Crippen LogP contribution in [0.15, 0.2) is 85.2 Å². The summed E-state index contributed by atoms with van der Waals surface area (Å²) in [6, 6.07) is 22.1. The summed E-state index contributed by atoms with van der Waals surface area (Å²) in [6.07, 6.45) is 3.38.